The number of carbonyl (C=O) groups is 2. The van der Waals surface area contributed by atoms with E-state index in [4.69, 9.17) is 39.6 Å². The average molecular weight is 490 g/mol. The van der Waals surface area contributed by atoms with Gasteiger partial charge in [-0.3, -0.25) is 14.4 Å². The maximum absolute atomic E-state index is 13.6. The SMILES string of the molecule is O=C1[C@@H]2[C@@H](c3cc(Cl)cc(Cl)c3O)N(c3ccccc3)O[C@H]2C(=O)N1c1cccc(Cl)c1. The van der Waals surface area contributed by atoms with Crippen molar-refractivity contribution in [3.63, 3.8) is 0 Å². The highest BCUT2D eigenvalue weighted by molar-refractivity contribution is 6.35. The topological polar surface area (TPSA) is 70.1 Å². The van der Waals surface area contributed by atoms with Crippen molar-refractivity contribution in [3.8, 4) is 5.75 Å². The molecule has 32 heavy (non-hydrogen) atoms. The Bertz CT molecular complexity index is 1240. The first-order valence-electron chi connectivity index (χ1n) is 9.69. The number of phenolic OH excluding ortho intramolecular Hbond substituents is 1. The monoisotopic (exact) mass is 488 g/mol. The lowest BCUT2D eigenvalue weighted by molar-refractivity contribution is -0.126. The molecule has 0 bridgehead atoms. The Balaban J connectivity index is 1.65. The number of rotatable bonds is 3. The first-order chi connectivity index (χ1) is 15.4. The Labute approximate surface area is 198 Å². The molecular weight excluding hydrogens is 475 g/mol. The van der Waals surface area contributed by atoms with Gasteiger partial charge in [0.25, 0.3) is 5.91 Å². The Morgan fingerprint density at radius 3 is 2.25 bits per heavy atom. The number of fused-ring (bicyclic) bond motifs is 1. The van der Waals surface area contributed by atoms with Crippen molar-refractivity contribution in [1.29, 1.82) is 0 Å². The zero-order chi connectivity index (χ0) is 22.6. The van der Waals surface area contributed by atoms with E-state index in [9.17, 15) is 14.7 Å². The van der Waals surface area contributed by atoms with Gasteiger partial charge < -0.3 is 5.11 Å². The van der Waals surface area contributed by atoms with Crippen molar-refractivity contribution in [2.24, 2.45) is 5.92 Å². The number of hydrogen-bond donors (Lipinski definition) is 1. The van der Waals surface area contributed by atoms with E-state index < -0.39 is 29.9 Å². The van der Waals surface area contributed by atoms with Crippen LogP contribution < -0.4 is 9.96 Å². The van der Waals surface area contributed by atoms with Crippen molar-refractivity contribution < 1.29 is 19.5 Å². The van der Waals surface area contributed by atoms with Gasteiger partial charge in [-0.05, 0) is 42.5 Å². The highest BCUT2D eigenvalue weighted by Gasteiger charge is 2.60. The molecule has 6 nitrogen and oxygen atoms in total. The number of hydroxylamine groups is 1. The van der Waals surface area contributed by atoms with Crippen LogP contribution in [0.2, 0.25) is 15.1 Å². The van der Waals surface area contributed by atoms with Crippen LogP contribution in [0.5, 0.6) is 5.75 Å². The molecule has 3 aromatic rings. The molecule has 3 atom stereocenters. The second-order valence-corrected chi connectivity index (χ2v) is 8.76. The molecule has 0 aliphatic carbocycles. The van der Waals surface area contributed by atoms with Crippen LogP contribution in [0.25, 0.3) is 0 Å². The zero-order valence-electron chi connectivity index (χ0n) is 16.3. The van der Waals surface area contributed by atoms with Gasteiger partial charge in [0.1, 0.15) is 11.7 Å². The Morgan fingerprint density at radius 1 is 0.812 bits per heavy atom. The predicted octanol–water partition coefficient (Wildman–Crippen LogP) is 5.40. The molecule has 0 unspecified atom stereocenters. The van der Waals surface area contributed by atoms with Gasteiger partial charge in [-0.15, -0.1) is 0 Å². The zero-order valence-corrected chi connectivity index (χ0v) is 18.6. The van der Waals surface area contributed by atoms with Gasteiger partial charge in [0, 0.05) is 15.6 Å². The fraction of sp³-hybridized carbons (Fsp3) is 0.130. The number of imide groups is 1. The molecule has 162 valence electrons. The molecule has 2 amide bonds. The van der Waals surface area contributed by atoms with E-state index in [1.807, 2.05) is 6.07 Å². The van der Waals surface area contributed by atoms with Gasteiger partial charge >= 0.3 is 0 Å². The van der Waals surface area contributed by atoms with Crippen molar-refractivity contribution in [2.45, 2.75) is 12.1 Å². The van der Waals surface area contributed by atoms with Crippen molar-refractivity contribution in [1.82, 2.24) is 0 Å². The van der Waals surface area contributed by atoms with Crippen LogP contribution in [0.1, 0.15) is 11.6 Å². The summed E-state index contributed by atoms with van der Waals surface area (Å²) in [4.78, 5) is 33.9. The van der Waals surface area contributed by atoms with Crippen molar-refractivity contribution in [2.75, 3.05) is 9.96 Å². The summed E-state index contributed by atoms with van der Waals surface area (Å²) in [6.07, 6.45) is -1.09. The fourth-order valence-corrected chi connectivity index (χ4v) is 4.90. The van der Waals surface area contributed by atoms with Crippen LogP contribution in [0, 0.1) is 5.92 Å². The third kappa shape index (κ3) is 3.31. The van der Waals surface area contributed by atoms with Gasteiger partial charge in [-0.1, -0.05) is 59.1 Å². The Kier molecular flexibility index (Phi) is 5.26. The average Bonchev–Trinajstić information content (AvgIpc) is 3.27. The van der Waals surface area contributed by atoms with E-state index in [2.05, 4.69) is 0 Å². The van der Waals surface area contributed by atoms with Crippen LogP contribution in [0.3, 0.4) is 0 Å². The number of nitrogens with zero attached hydrogens (tertiary/aromatic N) is 2. The number of aromatic hydroxyl groups is 1. The molecule has 0 radical (unpaired) electrons. The molecule has 1 N–H and O–H groups in total. The largest absolute Gasteiger partial charge is 0.506 e. The van der Waals surface area contributed by atoms with Crippen molar-refractivity contribution in [3.05, 3.63) is 87.4 Å². The maximum Gasteiger partial charge on any atom is 0.266 e. The number of para-hydroxylation sites is 1. The second kappa shape index (κ2) is 7.98. The molecule has 2 aliphatic rings. The number of benzene rings is 3. The third-order valence-corrected chi connectivity index (χ3v) is 6.31. The number of halogens is 3. The number of carbonyl (C=O) groups excluding carboxylic acids is 2. The maximum atomic E-state index is 13.6. The van der Waals surface area contributed by atoms with E-state index in [1.54, 1.807) is 42.5 Å². The number of phenols is 1. The van der Waals surface area contributed by atoms with Crippen LogP contribution in [0.15, 0.2) is 66.7 Å². The molecule has 0 aromatic heterocycles. The van der Waals surface area contributed by atoms with Gasteiger partial charge in [-0.2, -0.15) is 0 Å². The summed E-state index contributed by atoms with van der Waals surface area (Å²) in [6, 6.07) is 17.5. The number of anilines is 2. The molecule has 0 spiro atoms. The lowest BCUT2D eigenvalue weighted by atomic mass is 9.90. The summed E-state index contributed by atoms with van der Waals surface area (Å²) in [5.41, 5.74) is 1.24. The van der Waals surface area contributed by atoms with Crippen molar-refractivity contribution >= 4 is 58.0 Å². The van der Waals surface area contributed by atoms with E-state index in [0.29, 0.717) is 16.4 Å². The second-order valence-electron chi connectivity index (χ2n) is 7.48. The van der Waals surface area contributed by atoms with Gasteiger partial charge in [0.05, 0.1) is 22.4 Å². The summed E-state index contributed by atoms with van der Waals surface area (Å²) in [5.74, 6) is -2.16. The molecular formula is C23H15Cl3N2O4. The minimum Gasteiger partial charge on any atom is -0.506 e. The smallest absolute Gasteiger partial charge is 0.266 e. The summed E-state index contributed by atoms with van der Waals surface area (Å²) in [5, 5.41) is 12.9. The van der Waals surface area contributed by atoms with E-state index >= 15 is 0 Å². The molecule has 9 heteroatoms. The molecule has 2 saturated heterocycles. The first kappa shape index (κ1) is 21.1. The third-order valence-electron chi connectivity index (χ3n) is 5.57. The summed E-state index contributed by atoms with van der Waals surface area (Å²) < 4.78 is 0. The normalized spacial score (nSPS) is 22.5. The predicted molar refractivity (Wildman–Crippen MR) is 122 cm³/mol. The molecule has 5 rings (SSSR count). The molecule has 2 fully saturated rings. The summed E-state index contributed by atoms with van der Waals surface area (Å²) >= 11 is 18.5. The highest BCUT2D eigenvalue weighted by atomic mass is 35.5. The standard InChI is InChI=1S/C23H15Cl3N2O4/c24-12-5-4-8-15(9-12)27-22(30)18-19(16-10-13(25)11-17(26)20(16)29)28(32-21(18)23(27)31)14-6-2-1-3-7-14/h1-11,18-19,21,29H/t18-,19-,21-/m1/s1. The lowest BCUT2D eigenvalue weighted by Crippen LogP contribution is -2.37. The first-order valence-corrected chi connectivity index (χ1v) is 10.8. The van der Waals surface area contributed by atoms with Crippen LogP contribution in [-0.2, 0) is 14.4 Å². The quantitative estimate of drug-likeness (QED) is 0.499. The Morgan fingerprint density at radius 2 is 1.53 bits per heavy atom. The van der Waals surface area contributed by atoms with Crippen LogP contribution in [-0.4, -0.2) is 23.0 Å². The molecule has 2 aliphatic heterocycles. The number of amides is 2. The number of hydrogen-bond acceptors (Lipinski definition) is 5. The van der Waals surface area contributed by atoms with Crippen LogP contribution >= 0.6 is 34.8 Å². The summed E-state index contributed by atoms with van der Waals surface area (Å²) in [6.45, 7) is 0. The minimum absolute atomic E-state index is 0.0347. The van der Waals surface area contributed by atoms with Gasteiger partial charge in [-0.25, -0.2) is 9.96 Å². The van der Waals surface area contributed by atoms with Gasteiger partial charge in [0.15, 0.2) is 6.10 Å². The van der Waals surface area contributed by atoms with E-state index in [-0.39, 0.29) is 21.4 Å². The minimum atomic E-state index is -1.09. The summed E-state index contributed by atoms with van der Waals surface area (Å²) in [7, 11) is 0. The van der Waals surface area contributed by atoms with Gasteiger partial charge in [0.2, 0.25) is 5.91 Å². The highest BCUT2D eigenvalue weighted by Crippen LogP contribution is 2.51. The Hall–Kier alpha value is -2.77. The fourth-order valence-electron chi connectivity index (χ4n) is 4.21. The van der Waals surface area contributed by atoms with E-state index in [1.165, 1.54) is 23.3 Å². The lowest BCUT2D eigenvalue weighted by Gasteiger charge is -2.29. The molecule has 0 saturated carbocycles. The molecule has 3 aromatic carbocycles. The van der Waals surface area contributed by atoms with Crippen LogP contribution in [0.4, 0.5) is 11.4 Å². The van der Waals surface area contributed by atoms with E-state index in [0.717, 1.165) is 4.90 Å². The molecule has 2 heterocycles.